The number of rotatable bonds is 2. The molecule has 2 heterocycles. The summed E-state index contributed by atoms with van der Waals surface area (Å²) in [6.45, 7) is 5.85. The maximum absolute atomic E-state index is 12.2. The number of carbonyl (C=O) groups excluding carboxylic acids is 1. The predicted molar refractivity (Wildman–Crippen MR) is 91.5 cm³/mol. The third-order valence-electron chi connectivity index (χ3n) is 4.07. The van der Waals surface area contributed by atoms with Crippen LogP contribution >= 0.6 is 0 Å². The minimum atomic E-state index is -0.445. The Morgan fingerprint density at radius 2 is 2.12 bits per heavy atom. The number of aryl methyl sites for hydroxylation is 1. The number of aromatic nitrogens is 2. The summed E-state index contributed by atoms with van der Waals surface area (Å²) in [5.41, 5.74) is 11.1. The Labute approximate surface area is 140 Å². The molecule has 0 bridgehead atoms. The average molecular weight is 327 g/mol. The molecule has 0 unspecified atom stereocenters. The molecule has 0 amide bonds. The first-order valence-corrected chi connectivity index (χ1v) is 7.78. The van der Waals surface area contributed by atoms with Crippen LogP contribution in [0, 0.1) is 6.92 Å². The van der Waals surface area contributed by atoms with Gasteiger partial charge in [-0.2, -0.15) is 0 Å². The Morgan fingerprint density at radius 3 is 2.79 bits per heavy atom. The van der Waals surface area contributed by atoms with Gasteiger partial charge in [0.1, 0.15) is 6.33 Å². The van der Waals surface area contributed by atoms with E-state index in [1.807, 2.05) is 29.7 Å². The standard InChI is InChI=1S/C17H21N5O2/c1-4-24-17(23)16-15-8-13(11(3)18)22(19)14-7-10(2)5-6-12(14)21(15)9-20-16/h5-7,9H,4,8,18-19H2,1-3H3/b13-11-. The van der Waals surface area contributed by atoms with Crippen LogP contribution < -0.4 is 16.6 Å². The lowest BCUT2D eigenvalue weighted by atomic mass is 10.1. The lowest BCUT2D eigenvalue weighted by Crippen LogP contribution is -2.33. The zero-order valence-corrected chi connectivity index (χ0v) is 14.0. The van der Waals surface area contributed by atoms with Crippen molar-refractivity contribution in [2.24, 2.45) is 11.6 Å². The van der Waals surface area contributed by atoms with Gasteiger partial charge in [-0.3, -0.25) is 9.58 Å². The minimum Gasteiger partial charge on any atom is -0.461 e. The Kier molecular flexibility index (Phi) is 4.02. The van der Waals surface area contributed by atoms with E-state index < -0.39 is 5.97 Å². The molecule has 0 saturated carbocycles. The van der Waals surface area contributed by atoms with Crippen molar-refractivity contribution in [1.29, 1.82) is 0 Å². The van der Waals surface area contributed by atoms with Gasteiger partial charge in [-0.1, -0.05) is 6.07 Å². The predicted octanol–water partition coefficient (Wildman–Crippen LogP) is 1.78. The van der Waals surface area contributed by atoms with Gasteiger partial charge in [0.05, 0.1) is 29.4 Å². The van der Waals surface area contributed by atoms with Crippen molar-refractivity contribution in [3.8, 4) is 5.69 Å². The van der Waals surface area contributed by atoms with Crippen LogP contribution in [0.4, 0.5) is 5.69 Å². The summed E-state index contributed by atoms with van der Waals surface area (Å²) in [5, 5.41) is 1.58. The molecule has 1 aliphatic heterocycles. The van der Waals surface area contributed by atoms with Crippen molar-refractivity contribution < 1.29 is 9.53 Å². The van der Waals surface area contributed by atoms with E-state index in [0.29, 0.717) is 24.4 Å². The first-order chi connectivity index (χ1) is 11.4. The van der Waals surface area contributed by atoms with Crippen molar-refractivity contribution in [1.82, 2.24) is 9.55 Å². The molecule has 1 aromatic heterocycles. The van der Waals surface area contributed by atoms with E-state index in [0.717, 1.165) is 22.6 Å². The number of nitrogens with zero attached hydrogens (tertiary/aromatic N) is 3. The number of carbonyl (C=O) groups is 1. The highest BCUT2D eigenvalue weighted by atomic mass is 16.5. The summed E-state index contributed by atoms with van der Waals surface area (Å²) >= 11 is 0. The molecule has 4 N–H and O–H groups in total. The summed E-state index contributed by atoms with van der Waals surface area (Å²) < 4.78 is 6.99. The van der Waals surface area contributed by atoms with Crippen molar-refractivity contribution in [3.05, 3.63) is 52.9 Å². The Bertz CT molecular complexity index is 834. The van der Waals surface area contributed by atoms with E-state index >= 15 is 0 Å². The van der Waals surface area contributed by atoms with E-state index in [2.05, 4.69) is 4.98 Å². The van der Waals surface area contributed by atoms with E-state index in [1.54, 1.807) is 25.2 Å². The number of ether oxygens (including phenoxy) is 1. The van der Waals surface area contributed by atoms with Gasteiger partial charge in [-0.25, -0.2) is 15.6 Å². The van der Waals surface area contributed by atoms with E-state index in [1.165, 1.54) is 0 Å². The van der Waals surface area contributed by atoms with Crippen LogP contribution in [0.2, 0.25) is 0 Å². The molecular weight excluding hydrogens is 306 g/mol. The molecule has 0 saturated heterocycles. The van der Waals surface area contributed by atoms with Crippen molar-refractivity contribution in [2.45, 2.75) is 27.2 Å². The minimum absolute atomic E-state index is 0.289. The second-order valence-corrected chi connectivity index (χ2v) is 5.80. The van der Waals surface area contributed by atoms with Gasteiger partial charge < -0.3 is 10.5 Å². The van der Waals surface area contributed by atoms with Gasteiger partial charge in [0.25, 0.3) is 0 Å². The number of nitrogens with two attached hydrogens (primary N) is 2. The van der Waals surface area contributed by atoms with Crippen LogP contribution in [0.15, 0.2) is 35.9 Å². The first kappa shape index (κ1) is 16.1. The van der Waals surface area contributed by atoms with Crippen molar-refractivity contribution in [2.75, 3.05) is 11.6 Å². The van der Waals surface area contributed by atoms with Crippen LogP contribution in [-0.2, 0) is 11.2 Å². The molecule has 7 heteroatoms. The van der Waals surface area contributed by atoms with Crippen molar-refractivity contribution in [3.63, 3.8) is 0 Å². The topological polar surface area (TPSA) is 99.4 Å². The normalized spacial score (nSPS) is 15.4. The number of imidazole rings is 1. The van der Waals surface area contributed by atoms with Crippen LogP contribution in [0.1, 0.15) is 35.6 Å². The molecule has 7 nitrogen and oxygen atoms in total. The fraction of sp³-hybridized carbons (Fsp3) is 0.294. The summed E-state index contributed by atoms with van der Waals surface area (Å²) in [7, 11) is 0. The summed E-state index contributed by atoms with van der Waals surface area (Å²) in [4.78, 5) is 16.5. The molecule has 0 spiro atoms. The maximum atomic E-state index is 12.2. The molecule has 1 aliphatic rings. The van der Waals surface area contributed by atoms with Gasteiger partial charge in [0.2, 0.25) is 0 Å². The van der Waals surface area contributed by atoms with Gasteiger partial charge in [-0.15, -0.1) is 0 Å². The lowest BCUT2D eigenvalue weighted by molar-refractivity contribution is 0.0519. The van der Waals surface area contributed by atoms with Crippen LogP contribution in [0.25, 0.3) is 5.69 Å². The third-order valence-corrected chi connectivity index (χ3v) is 4.07. The summed E-state index contributed by atoms with van der Waals surface area (Å²) in [6.07, 6.45) is 2.01. The number of esters is 1. The van der Waals surface area contributed by atoms with Crippen LogP contribution in [-0.4, -0.2) is 22.1 Å². The second kappa shape index (κ2) is 6.01. The van der Waals surface area contributed by atoms with Gasteiger partial charge in [-0.05, 0) is 38.5 Å². The van der Waals surface area contributed by atoms with E-state index in [4.69, 9.17) is 16.3 Å². The smallest absolute Gasteiger partial charge is 0.358 e. The first-order valence-electron chi connectivity index (χ1n) is 7.78. The zero-order chi connectivity index (χ0) is 17.4. The molecule has 0 radical (unpaired) electrons. The van der Waals surface area contributed by atoms with Gasteiger partial charge in [0.15, 0.2) is 5.69 Å². The van der Waals surface area contributed by atoms with E-state index in [9.17, 15) is 4.79 Å². The van der Waals surface area contributed by atoms with Crippen molar-refractivity contribution >= 4 is 11.7 Å². The molecule has 0 aliphatic carbocycles. The van der Waals surface area contributed by atoms with E-state index in [-0.39, 0.29) is 5.69 Å². The summed E-state index contributed by atoms with van der Waals surface area (Å²) in [5.74, 6) is 5.88. The summed E-state index contributed by atoms with van der Waals surface area (Å²) in [6, 6.07) is 5.93. The highest BCUT2D eigenvalue weighted by molar-refractivity contribution is 5.89. The second-order valence-electron chi connectivity index (χ2n) is 5.80. The fourth-order valence-electron chi connectivity index (χ4n) is 2.87. The number of allylic oxidation sites excluding steroid dienone is 2. The largest absolute Gasteiger partial charge is 0.461 e. The fourth-order valence-corrected chi connectivity index (χ4v) is 2.87. The number of hydrogen-bond acceptors (Lipinski definition) is 6. The third kappa shape index (κ3) is 2.52. The Hall–Kier alpha value is -2.80. The molecule has 0 atom stereocenters. The number of fused-ring (bicyclic) bond motifs is 3. The quantitative estimate of drug-likeness (QED) is 0.644. The maximum Gasteiger partial charge on any atom is 0.358 e. The molecular formula is C17H21N5O2. The number of benzene rings is 1. The molecule has 0 fully saturated rings. The monoisotopic (exact) mass is 327 g/mol. The Balaban J connectivity index is 2.26. The van der Waals surface area contributed by atoms with Crippen LogP contribution in [0.5, 0.6) is 0 Å². The highest BCUT2D eigenvalue weighted by Crippen LogP contribution is 2.34. The molecule has 2 aromatic rings. The highest BCUT2D eigenvalue weighted by Gasteiger charge is 2.28. The number of anilines is 1. The number of hydrazine groups is 1. The van der Waals surface area contributed by atoms with Crippen LogP contribution in [0.3, 0.4) is 0 Å². The molecule has 126 valence electrons. The lowest BCUT2D eigenvalue weighted by Gasteiger charge is -2.22. The van der Waals surface area contributed by atoms with Gasteiger partial charge in [0, 0.05) is 12.1 Å². The SMILES string of the molecule is CCOC(=O)c1ncn2c1C/C(=C(\C)N)N(N)c1cc(C)ccc1-2. The van der Waals surface area contributed by atoms with Gasteiger partial charge >= 0.3 is 5.97 Å². The number of hydrogen-bond donors (Lipinski definition) is 2. The zero-order valence-electron chi connectivity index (χ0n) is 14.0. The molecule has 3 rings (SSSR count). The average Bonchev–Trinajstić information content (AvgIpc) is 2.90. The Morgan fingerprint density at radius 1 is 1.38 bits per heavy atom. The molecule has 24 heavy (non-hydrogen) atoms. The molecule has 1 aromatic carbocycles.